The number of ether oxygens (including phenoxy) is 1. The van der Waals surface area contributed by atoms with Crippen molar-refractivity contribution >= 4 is 17.7 Å². The summed E-state index contributed by atoms with van der Waals surface area (Å²) in [4.78, 5) is 11.5. The van der Waals surface area contributed by atoms with E-state index in [0.717, 1.165) is 0 Å². The number of methoxy groups -OCH3 is 1. The van der Waals surface area contributed by atoms with Crippen molar-refractivity contribution in [2.45, 2.75) is 51.1 Å². The number of esters is 1. The summed E-state index contributed by atoms with van der Waals surface area (Å²) in [6.07, 6.45) is -0.373. The maximum absolute atomic E-state index is 11.5. The van der Waals surface area contributed by atoms with Crippen LogP contribution in [0.15, 0.2) is 0 Å². The first-order chi connectivity index (χ1) is 7.38. The zero-order valence-electron chi connectivity index (χ0n) is 10.7. The van der Waals surface area contributed by atoms with Crippen LogP contribution in [0.3, 0.4) is 0 Å². The molecule has 2 N–H and O–H groups in total. The predicted molar refractivity (Wildman–Crippen MR) is 67.7 cm³/mol. The van der Waals surface area contributed by atoms with Gasteiger partial charge in [0, 0.05) is 17.0 Å². The molecule has 0 amide bonds. The molecule has 0 aromatic carbocycles. The average Bonchev–Trinajstić information content (AvgIpc) is 2.21. The summed E-state index contributed by atoms with van der Waals surface area (Å²) >= 11 is 1.56. The summed E-state index contributed by atoms with van der Waals surface area (Å²) < 4.78 is 4.73. The van der Waals surface area contributed by atoms with E-state index in [4.69, 9.17) is 4.74 Å². The van der Waals surface area contributed by atoms with Gasteiger partial charge < -0.3 is 15.2 Å². The summed E-state index contributed by atoms with van der Waals surface area (Å²) in [6.45, 7) is 7.66. The monoisotopic (exact) mass is 249 g/mol. The molecule has 0 aromatic rings. The maximum Gasteiger partial charge on any atom is 0.323 e. The van der Waals surface area contributed by atoms with Crippen LogP contribution in [-0.4, -0.2) is 47.4 Å². The molecule has 0 fully saturated rings. The van der Waals surface area contributed by atoms with Crippen molar-refractivity contribution in [2.75, 3.05) is 12.9 Å². The highest BCUT2D eigenvalue weighted by atomic mass is 32.2. The number of rotatable bonds is 7. The fraction of sp³-hybridized carbons (Fsp3) is 0.909. The molecule has 0 bridgehead atoms. The van der Waals surface area contributed by atoms with Gasteiger partial charge in [0.1, 0.15) is 6.04 Å². The smallest absolute Gasteiger partial charge is 0.323 e. The molecule has 0 saturated carbocycles. The maximum atomic E-state index is 11.5. The van der Waals surface area contributed by atoms with E-state index in [-0.39, 0.29) is 29.4 Å². The van der Waals surface area contributed by atoms with Gasteiger partial charge in [0.2, 0.25) is 0 Å². The predicted octanol–water partition coefficient (Wildman–Crippen LogP) is 1.03. The molecule has 0 aliphatic carbocycles. The minimum atomic E-state index is -0.373. The summed E-state index contributed by atoms with van der Waals surface area (Å²) in [5.74, 6) is 0.357. The zero-order chi connectivity index (χ0) is 12.7. The Morgan fingerprint density at radius 3 is 2.31 bits per heavy atom. The molecule has 0 heterocycles. The van der Waals surface area contributed by atoms with E-state index >= 15 is 0 Å². The van der Waals surface area contributed by atoms with Crippen LogP contribution in [0.5, 0.6) is 0 Å². The minimum Gasteiger partial charge on any atom is -0.468 e. The molecule has 0 rings (SSSR count). The lowest BCUT2D eigenvalue weighted by Crippen LogP contribution is -2.43. The van der Waals surface area contributed by atoms with Crippen molar-refractivity contribution in [1.82, 2.24) is 5.32 Å². The van der Waals surface area contributed by atoms with Crippen LogP contribution in [0.1, 0.15) is 27.7 Å². The molecule has 3 unspecified atom stereocenters. The van der Waals surface area contributed by atoms with Crippen LogP contribution in [0.4, 0.5) is 0 Å². The van der Waals surface area contributed by atoms with E-state index in [1.807, 2.05) is 20.8 Å². The number of thioether (sulfide) groups is 1. The van der Waals surface area contributed by atoms with E-state index in [2.05, 4.69) is 5.32 Å². The molecular formula is C11H23NO3S. The number of nitrogens with one attached hydrogen (secondary N) is 1. The van der Waals surface area contributed by atoms with Crippen LogP contribution < -0.4 is 5.32 Å². The van der Waals surface area contributed by atoms with E-state index in [1.54, 1.807) is 18.7 Å². The van der Waals surface area contributed by atoms with Gasteiger partial charge in [0.15, 0.2) is 0 Å². The second kappa shape index (κ2) is 7.92. The van der Waals surface area contributed by atoms with E-state index in [1.165, 1.54) is 7.11 Å². The van der Waals surface area contributed by atoms with Gasteiger partial charge >= 0.3 is 5.97 Å². The summed E-state index contributed by atoms with van der Waals surface area (Å²) in [5, 5.41) is 12.6. The Morgan fingerprint density at radius 1 is 1.38 bits per heavy atom. The van der Waals surface area contributed by atoms with Crippen molar-refractivity contribution in [3.05, 3.63) is 0 Å². The number of aliphatic hydroxyl groups is 1. The average molecular weight is 249 g/mol. The quantitative estimate of drug-likeness (QED) is 0.660. The molecule has 5 heteroatoms. The Kier molecular flexibility index (Phi) is 7.80. The molecule has 16 heavy (non-hydrogen) atoms. The summed E-state index contributed by atoms with van der Waals surface area (Å²) in [7, 11) is 1.39. The lowest BCUT2D eigenvalue weighted by Gasteiger charge is -2.21. The topological polar surface area (TPSA) is 58.6 Å². The lowest BCUT2D eigenvalue weighted by molar-refractivity contribution is -0.142. The van der Waals surface area contributed by atoms with Gasteiger partial charge in [-0.25, -0.2) is 0 Å². The van der Waals surface area contributed by atoms with E-state index < -0.39 is 0 Å². The van der Waals surface area contributed by atoms with Gasteiger partial charge in [-0.3, -0.25) is 4.79 Å². The van der Waals surface area contributed by atoms with Gasteiger partial charge in [0.25, 0.3) is 0 Å². The van der Waals surface area contributed by atoms with Gasteiger partial charge in [-0.2, -0.15) is 11.8 Å². The minimum absolute atomic E-state index is 0.112. The van der Waals surface area contributed by atoms with Crippen LogP contribution in [0.2, 0.25) is 0 Å². The van der Waals surface area contributed by atoms with Gasteiger partial charge in [-0.05, 0) is 6.92 Å². The number of hydrogen-bond donors (Lipinski definition) is 2. The van der Waals surface area contributed by atoms with Crippen LogP contribution in [0.25, 0.3) is 0 Å². The van der Waals surface area contributed by atoms with Gasteiger partial charge in [0.05, 0.1) is 13.2 Å². The third kappa shape index (κ3) is 6.35. The Hall–Kier alpha value is -0.260. The molecule has 96 valence electrons. The summed E-state index contributed by atoms with van der Waals surface area (Å²) in [5.41, 5.74) is 0. The SMILES string of the molecule is COC(=O)C(CSC(C)C(C)O)NC(C)C. The van der Waals surface area contributed by atoms with Crippen molar-refractivity contribution in [3.8, 4) is 0 Å². The normalized spacial score (nSPS) is 16.9. The van der Waals surface area contributed by atoms with Crippen LogP contribution >= 0.6 is 11.8 Å². The number of carbonyl (C=O) groups is 1. The Labute approximate surface area is 102 Å². The highest BCUT2D eigenvalue weighted by molar-refractivity contribution is 8.00. The first kappa shape index (κ1) is 15.7. The molecule has 0 radical (unpaired) electrons. The highest BCUT2D eigenvalue weighted by Gasteiger charge is 2.21. The number of hydrogen-bond acceptors (Lipinski definition) is 5. The molecule has 3 atom stereocenters. The molecular weight excluding hydrogens is 226 g/mol. The fourth-order valence-corrected chi connectivity index (χ4v) is 2.12. The second-order valence-corrected chi connectivity index (χ2v) is 5.59. The van der Waals surface area contributed by atoms with Crippen molar-refractivity contribution in [3.63, 3.8) is 0 Å². The van der Waals surface area contributed by atoms with Crippen molar-refractivity contribution < 1.29 is 14.6 Å². The Bertz CT molecular complexity index is 209. The third-order valence-corrected chi connectivity index (χ3v) is 3.67. The first-order valence-corrected chi connectivity index (χ1v) is 6.56. The van der Waals surface area contributed by atoms with E-state index in [9.17, 15) is 9.90 Å². The van der Waals surface area contributed by atoms with Crippen molar-refractivity contribution in [1.29, 1.82) is 0 Å². The van der Waals surface area contributed by atoms with Gasteiger partial charge in [-0.1, -0.05) is 20.8 Å². The van der Waals surface area contributed by atoms with Gasteiger partial charge in [-0.15, -0.1) is 0 Å². The lowest BCUT2D eigenvalue weighted by atomic mass is 10.3. The molecule has 0 aliphatic heterocycles. The summed E-state index contributed by atoms with van der Waals surface area (Å²) in [6, 6.07) is -0.0808. The fourth-order valence-electron chi connectivity index (χ4n) is 1.12. The number of carbonyl (C=O) groups excluding carboxylic acids is 1. The van der Waals surface area contributed by atoms with Crippen LogP contribution in [0, 0.1) is 0 Å². The molecule has 0 saturated heterocycles. The molecule has 0 aliphatic rings. The second-order valence-electron chi connectivity index (χ2n) is 4.18. The van der Waals surface area contributed by atoms with Crippen molar-refractivity contribution in [2.24, 2.45) is 0 Å². The highest BCUT2D eigenvalue weighted by Crippen LogP contribution is 2.15. The largest absolute Gasteiger partial charge is 0.468 e. The van der Waals surface area contributed by atoms with Crippen LogP contribution in [-0.2, 0) is 9.53 Å². The number of aliphatic hydroxyl groups excluding tert-OH is 1. The molecule has 4 nitrogen and oxygen atoms in total. The zero-order valence-corrected chi connectivity index (χ0v) is 11.5. The first-order valence-electron chi connectivity index (χ1n) is 5.52. The molecule has 0 aromatic heterocycles. The standard InChI is InChI=1S/C11H23NO3S/c1-7(2)12-10(11(14)15-5)6-16-9(4)8(3)13/h7-10,12-13H,6H2,1-5H3. The molecule has 0 spiro atoms. The Balaban J connectivity index is 4.16. The van der Waals surface area contributed by atoms with E-state index in [0.29, 0.717) is 5.75 Å². The third-order valence-electron chi connectivity index (χ3n) is 2.23. The Morgan fingerprint density at radius 2 is 1.94 bits per heavy atom.